The first-order valence-electron chi connectivity index (χ1n) is 3.07. The predicted molar refractivity (Wildman–Crippen MR) is 37.9 cm³/mol. The SMILES string of the molecule is O=C(O)/C=C(/CC(=O)NO)C(=O)O. The molecule has 0 heterocycles. The topological polar surface area (TPSA) is 124 Å². The van der Waals surface area contributed by atoms with Crippen LogP contribution in [-0.2, 0) is 14.4 Å². The van der Waals surface area contributed by atoms with Gasteiger partial charge in [-0.2, -0.15) is 0 Å². The van der Waals surface area contributed by atoms with E-state index in [4.69, 9.17) is 15.4 Å². The monoisotopic (exact) mass is 189 g/mol. The van der Waals surface area contributed by atoms with Crippen molar-refractivity contribution in [3.63, 3.8) is 0 Å². The summed E-state index contributed by atoms with van der Waals surface area (Å²) in [4.78, 5) is 30.8. The van der Waals surface area contributed by atoms with Crippen molar-refractivity contribution in [2.75, 3.05) is 0 Å². The average Bonchev–Trinajstić information content (AvgIpc) is 2.02. The summed E-state index contributed by atoms with van der Waals surface area (Å²) in [5.41, 5.74) is 0.576. The van der Waals surface area contributed by atoms with Crippen molar-refractivity contribution in [1.29, 1.82) is 0 Å². The van der Waals surface area contributed by atoms with Gasteiger partial charge < -0.3 is 10.2 Å². The molecule has 0 aliphatic rings. The number of amides is 1. The van der Waals surface area contributed by atoms with E-state index in [9.17, 15) is 14.4 Å². The molecule has 1 amide bonds. The van der Waals surface area contributed by atoms with E-state index in [0.717, 1.165) is 0 Å². The van der Waals surface area contributed by atoms with Crippen molar-refractivity contribution < 1.29 is 29.8 Å². The number of carboxylic acid groups (broad SMARTS) is 2. The molecule has 0 spiro atoms. The van der Waals surface area contributed by atoms with Crippen molar-refractivity contribution in [3.05, 3.63) is 11.6 Å². The summed E-state index contributed by atoms with van der Waals surface area (Å²) >= 11 is 0. The molecule has 7 nitrogen and oxygen atoms in total. The van der Waals surface area contributed by atoms with Crippen LogP contribution in [0.25, 0.3) is 0 Å². The fraction of sp³-hybridized carbons (Fsp3) is 0.167. The first kappa shape index (κ1) is 11.1. The van der Waals surface area contributed by atoms with Crippen LogP contribution in [0, 0.1) is 0 Å². The summed E-state index contributed by atoms with van der Waals surface area (Å²) in [5, 5.41) is 24.6. The van der Waals surface area contributed by atoms with Crippen LogP contribution in [0.1, 0.15) is 6.42 Å². The lowest BCUT2D eigenvalue weighted by Gasteiger charge is -1.98. The Morgan fingerprint density at radius 1 is 1.23 bits per heavy atom. The highest BCUT2D eigenvalue weighted by Gasteiger charge is 2.13. The normalized spacial score (nSPS) is 10.7. The van der Waals surface area contributed by atoms with Crippen molar-refractivity contribution in [1.82, 2.24) is 5.48 Å². The Balaban J connectivity index is 4.54. The standard InChI is InChI=1S/C6H7NO6/c8-4(7-13)1-3(6(11)12)2-5(9)10/h2,13H,1H2,(H,7,8)(H,9,10)(H,11,12)/b3-2-. The van der Waals surface area contributed by atoms with Gasteiger partial charge in [-0.1, -0.05) is 0 Å². The summed E-state index contributed by atoms with van der Waals surface area (Å²) in [6.45, 7) is 0. The number of carbonyl (C=O) groups excluding carboxylic acids is 1. The third kappa shape index (κ3) is 4.53. The van der Waals surface area contributed by atoms with E-state index in [1.165, 1.54) is 5.48 Å². The molecule has 0 aromatic carbocycles. The number of carbonyl (C=O) groups is 3. The van der Waals surface area contributed by atoms with Gasteiger partial charge in [-0.05, 0) is 0 Å². The molecule has 7 heteroatoms. The van der Waals surface area contributed by atoms with Crippen LogP contribution in [-0.4, -0.2) is 33.3 Å². The molecule has 0 saturated carbocycles. The van der Waals surface area contributed by atoms with Crippen molar-refractivity contribution in [2.45, 2.75) is 6.42 Å². The molecule has 0 unspecified atom stereocenters. The minimum absolute atomic E-state index is 0.386. The van der Waals surface area contributed by atoms with Crippen LogP contribution in [0.2, 0.25) is 0 Å². The van der Waals surface area contributed by atoms with E-state index in [1.54, 1.807) is 0 Å². The molecule has 0 aliphatic carbocycles. The van der Waals surface area contributed by atoms with Gasteiger partial charge in [-0.25, -0.2) is 15.1 Å². The molecule has 0 radical (unpaired) electrons. The van der Waals surface area contributed by atoms with E-state index in [-0.39, 0.29) is 0 Å². The molecule has 72 valence electrons. The highest BCUT2D eigenvalue weighted by atomic mass is 16.5. The zero-order valence-electron chi connectivity index (χ0n) is 6.35. The molecule has 0 rings (SSSR count). The maximum absolute atomic E-state index is 10.4. The molecular formula is C6H7NO6. The number of rotatable bonds is 4. The summed E-state index contributed by atoms with van der Waals surface area (Å²) in [7, 11) is 0. The van der Waals surface area contributed by atoms with Gasteiger partial charge in [-0.3, -0.25) is 10.0 Å². The van der Waals surface area contributed by atoms with E-state index in [1.807, 2.05) is 0 Å². The maximum Gasteiger partial charge on any atom is 0.332 e. The largest absolute Gasteiger partial charge is 0.478 e. The molecule has 0 aromatic rings. The van der Waals surface area contributed by atoms with Gasteiger partial charge in [0.2, 0.25) is 5.91 Å². The summed E-state index contributed by atoms with van der Waals surface area (Å²) in [5.74, 6) is -3.98. The number of carboxylic acids is 2. The summed E-state index contributed by atoms with van der Waals surface area (Å²) < 4.78 is 0. The number of nitrogens with one attached hydrogen (secondary N) is 1. The average molecular weight is 189 g/mol. The lowest BCUT2D eigenvalue weighted by Crippen LogP contribution is -2.21. The van der Waals surface area contributed by atoms with E-state index in [0.29, 0.717) is 6.08 Å². The molecule has 4 N–H and O–H groups in total. The van der Waals surface area contributed by atoms with Gasteiger partial charge >= 0.3 is 11.9 Å². The molecule has 0 atom stereocenters. The van der Waals surface area contributed by atoms with Crippen LogP contribution >= 0.6 is 0 Å². The Morgan fingerprint density at radius 3 is 2.08 bits per heavy atom. The van der Waals surface area contributed by atoms with E-state index < -0.39 is 29.8 Å². The number of hydroxylamine groups is 1. The highest BCUT2D eigenvalue weighted by Crippen LogP contribution is 2.00. The minimum atomic E-state index is -1.52. The Morgan fingerprint density at radius 2 is 1.77 bits per heavy atom. The van der Waals surface area contributed by atoms with Gasteiger partial charge in [-0.15, -0.1) is 0 Å². The summed E-state index contributed by atoms with van der Waals surface area (Å²) in [6.07, 6.45) is -0.310. The first-order valence-corrected chi connectivity index (χ1v) is 3.07. The second kappa shape index (κ2) is 4.88. The van der Waals surface area contributed by atoms with Crippen LogP contribution in [0.5, 0.6) is 0 Å². The highest BCUT2D eigenvalue weighted by molar-refractivity contribution is 5.98. The summed E-state index contributed by atoms with van der Waals surface area (Å²) in [6, 6.07) is 0. The predicted octanol–water partition coefficient (Wildman–Crippen LogP) is -1.02. The number of hydrogen-bond donors (Lipinski definition) is 4. The van der Waals surface area contributed by atoms with Gasteiger partial charge in [0.05, 0.1) is 12.0 Å². The minimum Gasteiger partial charge on any atom is -0.478 e. The van der Waals surface area contributed by atoms with Gasteiger partial charge in [0.25, 0.3) is 0 Å². The number of hydrogen-bond acceptors (Lipinski definition) is 4. The molecule has 0 saturated heterocycles. The van der Waals surface area contributed by atoms with E-state index >= 15 is 0 Å². The smallest absolute Gasteiger partial charge is 0.332 e. The lowest BCUT2D eigenvalue weighted by molar-refractivity contribution is -0.136. The number of aliphatic carboxylic acids is 2. The Kier molecular flexibility index (Phi) is 4.17. The Bertz CT molecular complexity index is 268. The van der Waals surface area contributed by atoms with Gasteiger partial charge in [0, 0.05) is 6.08 Å². The molecule has 0 aromatic heterocycles. The second-order valence-corrected chi connectivity index (χ2v) is 2.02. The fourth-order valence-electron chi connectivity index (χ4n) is 0.550. The third-order valence-corrected chi connectivity index (χ3v) is 1.05. The van der Waals surface area contributed by atoms with Crippen molar-refractivity contribution in [2.24, 2.45) is 0 Å². The van der Waals surface area contributed by atoms with Gasteiger partial charge in [0.1, 0.15) is 0 Å². The van der Waals surface area contributed by atoms with Crippen molar-refractivity contribution in [3.8, 4) is 0 Å². The zero-order valence-corrected chi connectivity index (χ0v) is 6.35. The van der Waals surface area contributed by atoms with Crippen molar-refractivity contribution >= 4 is 17.8 Å². The zero-order chi connectivity index (χ0) is 10.4. The van der Waals surface area contributed by atoms with Gasteiger partial charge in [0.15, 0.2) is 0 Å². The van der Waals surface area contributed by atoms with Crippen LogP contribution < -0.4 is 5.48 Å². The van der Waals surface area contributed by atoms with Crippen LogP contribution in [0.4, 0.5) is 0 Å². The molecule has 0 aliphatic heterocycles. The second-order valence-electron chi connectivity index (χ2n) is 2.02. The quantitative estimate of drug-likeness (QED) is 0.255. The first-order chi connectivity index (χ1) is 5.97. The fourth-order valence-corrected chi connectivity index (χ4v) is 0.550. The molecule has 0 bridgehead atoms. The Hall–Kier alpha value is -1.89. The van der Waals surface area contributed by atoms with Crippen LogP contribution in [0.15, 0.2) is 11.6 Å². The molecule has 13 heavy (non-hydrogen) atoms. The van der Waals surface area contributed by atoms with Crippen LogP contribution in [0.3, 0.4) is 0 Å². The van der Waals surface area contributed by atoms with E-state index in [2.05, 4.69) is 0 Å². The lowest BCUT2D eigenvalue weighted by atomic mass is 10.2. The Labute approximate surface area is 72.2 Å². The maximum atomic E-state index is 10.4. The molecular weight excluding hydrogens is 182 g/mol. The third-order valence-electron chi connectivity index (χ3n) is 1.05. The molecule has 0 fully saturated rings.